The van der Waals surface area contributed by atoms with Gasteiger partial charge in [-0.3, -0.25) is 14.9 Å². The van der Waals surface area contributed by atoms with E-state index in [4.69, 9.17) is 5.11 Å². The van der Waals surface area contributed by atoms with Crippen LogP contribution in [0, 0.1) is 10.1 Å². The fraction of sp³-hybridized carbons (Fsp3) is 0.533. The summed E-state index contributed by atoms with van der Waals surface area (Å²) in [5.41, 5.74) is -0.418. The van der Waals surface area contributed by atoms with E-state index in [9.17, 15) is 23.3 Å². The summed E-state index contributed by atoms with van der Waals surface area (Å²) in [4.78, 5) is 22.7. The third-order valence-corrected chi connectivity index (χ3v) is 6.07. The molecule has 1 fully saturated rings. The van der Waals surface area contributed by atoms with Crippen LogP contribution in [0.4, 0.5) is 5.69 Å². The third-order valence-electron chi connectivity index (χ3n) is 4.13. The second kappa shape index (κ2) is 8.37. The molecule has 9 nitrogen and oxygen atoms in total. The second-order valence-corrected chi connectivity index (χ2v) is 7.73. The fourth-order valence-electron chi connectivity index (χ4n) is 2.77. The maximum absolute atomic E-state index is 12.7. The zero-order valence-electron chi connectivity index (χ0n) is 13.7. The zero-order chi connectivity index (χ0) is 18.4. The molecule has 0 bridgehead atoms. The lowest BCUT2D eigenvalue weighted by atomic mass is 10.2. The maximum Gasteiger partial charge on any atom is 0.303 e. The topological polar surface area (TPSA) is 121 Å². The van der Waals surface area contributed by atoms with E-state index in [-0.39, 0.29) is 24.4 Å². The molecule has 0 aliphatic carbocycles. The molecule has 1 aliphatic heterocycles. The van der Waals surface area contributed by atoms with Crippen molar-refractivity contribution in [3.8, 4) is 0 Å². The number of rotatable bonds is 8. The van der Waals surface area contributed by atoms with Crippen molar-refractivity contribution in [2.75, 3.05) is 32.7 Å². The van der Waals surface area contributed by atoms with E-state index in [1.54, 1.807) is 0 Å². The van der Waals surface area contributed by atoms with Crippen molar-refractivity contribution in [1.29, 1.82) is 0 Å². The number of aliphatic carboxylic acids is 1. The summed E-state index contributed by atoms with van der Waals surface area (Å²) < 4.78 is 26.7. The largest absolute Gasteiger partial charge is 0.481 e. The number of carbonyl (C=O) groups is 1. The zero-order valence-corrected chi connectivity index (χ0v) is 14.5. The number of nitro benzene ring substituents is 1. The van der Waals surface area contributed by atoms with Gasteiger partial charge in [0, 0.05) is 38.7 Å². The van der Waals surface area contributed by atoms with E-state index >= 15 is 0 Å². The monoisotopic (exact) mass is 371 g/mol. The molecular weight excluding hydrogens is 350 g/mol. The number of nitro groups is 1. The molecule has 25 heavy (non-hydrogen) atoms. The highest BCUT2D eigenvalue weighted by Gasteiger charge is 2.33. The quantitative estimate of drug-likeness (QED) is 0.413. The standard InChI is InChI=1S/C15H21N3O6S/c19-15(20)7-3-4-8-16-9-11-17(12-10-16)25(23,24)14-6-2-1-5-13(14)18(21)22/h1-2,5-6H,3-4,7-12H2,(H,19,20). The average Bonchev–Trinajstić information content (AvgIpc) is 2.59. The van der Waals surface area contributed by atoms with Crippen molar-refractivity contribution < 1.29 is 23.2 Å². The molecule has 0 unspecified atom stereocenters. The SMILES string of the molecule is O=C(O)CCCCN1CCN(S(=O)(=O)c2ccccc2[N+](=O)[O-])CC1. The molecule has 1 aliphatic rings. The van der Waals surface area contributed by atoms with E-state index < -0.39 is 26.6 Å². The highest BCUT2D eigenvalue weighted by Crippen LogP contribution is 2.26. The number of carboxylic acid groups (broad SMARTS) is 1. The van der Waals surface area contributed by atoms with E-state index in [1.165, 1.54) is 28.6 Å². The molecule has 2 rings (SSSR count). The molecular formula is C15H21N3O6S. The first-order valence-corrected chi connectivity index (χ1v) is 9.44. The number of benzene rings is 1. The van der Waals surface area contributed by atoms with Gasteiger partial charge in [0.1, 0.15) is 0 Å². The Morgan fingerprint density at radius 2 is 1.80 bits per heavy atom. The first-order chi connectivity index (χ1) is 11.8. The number of carboxylic acids is 1. The van der Waals surface area contributed by atoms with Crippen LogP contribution in [0.15, 0.2) is 29.2 Å². The van der Waals surface area contributed by atoms with Gasteiger partial charge in [-0.1, -0.05) is 12.1 Å². The Balaban J connectivity index is 1.96. The Morgan fingerprint density at radius 3 is 2.40 bits per heavy atom. The molecule has 0 saturated carbocycles. The summed E-state index contributed by atoms with van der Waals surface area (Å²) in [5.74, 6) is -0.819. The molecule has 0 aromatic heterocycles. The van der Waals surface area contributed by atoms with Crippen LogP contribution in [0.25, 0.3) is 0 Å². The average molecular weight is 371 g/mol. The summed E-state index contributed by atoms with van der Waals surface area (Å²) in [6.07, 6.45) is 1.46. The van der Waals surface area contributed by atoms with Crippen LogP contribution < -0.4 is 0 Å². The predicted molar refractivity (Wildman–Crippen MR) is 89.8 cm³/mol. The number of nitrogens with zero attached hydrogens (tertiary/aromatic N) is 3. The van der Waals surface area contributed by atoms with Crippen molar-refractivity contribution in [2.45, 2.75) is 24.2 Å². The van der Waals surface area contributed by atoms with Crippen LogP contribution in [0.3, 0.4) is 0 Å². The number of sulfonamides is 1. The summed E-state index contributed by atoms with van der Waals surface area (Å²) in [5, 5.41) is 19.7. The maximum atomic E-state index is 12.7. The van der Waals surface area contributed by atoms with Gasteiger partial charge in [-0.15, -0.1) is 0 Å². The Morgan fingerprint density at radius 1 is 1.16 bits per heavy atom. The van der Waals surface area contributed by atoms with Gasteiger partial charge in [-0.05, 0) is 25.5 Å². The van der Waals surface area contributed by atoms with Crippen LogP contribution in [0.2, 0.25) is 0 Å². The number of para-hydroxylation sites is 1. The molecule has 1 saturated heterocycles. The Hall–Kier alpha value is -2.04. The molecule has 0 radical (unpaired) electrons. The Kier molecular flexibility index (Phi) is 6.45. The number of hydrogen-bond donors (Lipinski definition) is 1. The van der Waals surface area contributed by atoms with Crippen molar-refractivity contribution in [1.82, 2.24) is 9.21 Å². The number of hydrogen-bond acceptors (Lipinski definition) is 6. The lowest BCUT2D eigenvalue weighted by molar-refractivity contribution is -0.387. The summed E-state index contributed by atoms with van der Waals surface area (Å²) in [7, 11) is -3.91. The Bertz CT molecular complexity index is 729. The van der Waals surface area contributed by atoms with Gasteiger partial charge in [0.2, 0.25) is 10.0 Å². The van der Waals surface area contributed by atoms with Crippen molar-refractivity contribution in [2.24, 2.45) is 0 Å². The van der Waals surface area contributed by atoms with Gasteiger partial charge in [0.05, 0.1) is 4.92 Å². The van der Waals surface area contributed by atoms with Crippen molar-refractivity contribution >= 4 is 21.7 Å². The molecule has 0 spiro atoms. The van der Waals surface area contributed by atoms with Crippen LogP contribution >= 0.6 is 0 Å². The van der Waals surface area contributed by atoms with E-state index in [1.807, 2.05) is 0 Å². The molecule has 0 amide bonds. The van der Waals surface area contributed by atoms with Crippen LogP contribution in [-0.2, 0) is 14.8 Å². The highest BCUT2D eigenvalue weighted by atomic mass is 32.2. The second-order valence-electron chi connectivity index (χ2n) is 5.82. The smallest absolute Gasteiger partial charge is 0.303 e. The highest BCUT2D eigenvalue weighted by molar-refractivity contribution is 7.89. The molecule has 1 aromatic carbocycles. The summed E-state index contributed by atoms with van der Waals surface area (Å²) >= 11 is 0. The van der Waals surface area contributed by atoms with Gasteiger partial charge >= 0.3 is 5.97 Å². The molecule has 1 aromatic rings. The lowest BCUT2D eigenvalue weighted by Gasteiger charge is -2.33. The predicted octanol–water partition coefficient (Wildman–Crippen LogP) is 1.16. The molecule has 10 heteroatoms. The number of piperazine rings is 1. The molecule has 0 atom stereocenters. The summed E-state index contributed by atoms with van der Waals surface area (Å²) in [6, 6.07) is 5.35. The Labute approximate surface area is 146 Å². The number of unbranched alkanes of at least 4 members (excludes halogenated alkanes) is 1. The van der Waals surface area contributed by atoms with Gasteiger partial charge < -0.3 is 10.0 Å². The van der Waals surface area contributed by atoms with Crippen molar-refractivity contribution in [3.05, 3.63) is 34.4 Å². The van der Waals surface area contributed by atoms with Crippen LogP contribution in [0.5, 0.6) is 0 Å². The molecule has 1 N–H and O–H groups in total. The van der Waals surface area contributed by atoms with Crippen LogP contribution in [-0.4, -0.2) is 66.3 Å². The van der Waals surface area contributed by atoms with Gasteiger partial charge in [-0.2, -0.15) is 4.31 Å². The van der Waals surface area contributed by atoms with Crippen LogP contribution in [0.1, 0.15) is 19.3 Å². The molecule has 138 valence electrons. The third kappa shape index (κ3) is 4.97. The minimum absolute atomic E-state index is 0.131. The van der Waals surface area contributed by atoms with Gasteiger partial charge in [-0.25, -0.2) is 8.42 Å². The van der Waals surface area contributed by atoms with Gasteiger partial charge in [0.25, 0.3) is 5.69 Å². The molecule has 1 heterocycles. The normalized spacial score (nSPS) is 16.6. The van der Waals surface area contributed by atoms with E-state index in [0.29, 0.717) is 26.1 Å². The van der Waals surface area contributed by atoms with Crippen molar-refractivity contribution in [3.63, 3.8) is 0 Å². The van der Waals surface area contributed by atoms with Gasteiger partial charge in [0.15, 0.2) is 4.90 Å². The van der Waals surface area contributed by atoms with E-state index in [2.05, 4.69) is 4.90 Å². The first-order valence-electron chi connectivity index (χ1n) is 8.00. The fourth-order valence-corrected chi connectivity index (χ4v) is 4.35. The first kappa shape index (κ1) is 19.3. The summed E-state index contributed by atoms with van der Waals surface area (Å²) in [6.45, 7) is 2.27. The lowest BCUT2D eigenvalue weighted by Crippen LogP contribution is -2.48. The minimum atomic E-state index is -3.91. The van der Waals surface area contributed by atoms with E-state index in [0.717, 1.165) is 6.42 Å². The minimum Gasteiger partial charge on any atom is -0.481 e.